The molecule has 0 bridgehead atoms. The van der Waals surface area contributed by atoms with Crippen molar-refractivity contribution in [1.29, 1.82) is 0 Å². The molecule has 0 aromatic carbocycles. The molecule has 2 heterocycles. The molecule has 3 N–H and O–H groups in total. The summed E-state index contributed by atoms with van der Waals surface area (Å²) >= 11 is 1.53. The molecule has 1 aromatic heterocycles. The van der Waals surface area contributed by atoms with Crippen LogP contribution in [0.3, 0.4) is 0 Å². The number of nitrogens with zero attached hydrogens (tertiary/aromatic N) is 5. The van der Waals surface area contributed by atoms with Gasteiger partial charge >= 0.3 is 11.7 Å². The van der Waals surface area contributed by atoms with Crippen molar-refractivity contribution in [1.82, 2.24) is 9.55 Å². The molecule has 1 fully saturated rings. The van der Waals surface area contributed by atoms with E-state index in [9.17, 15) is 24.2 Å². The van der Waals surface area contributed by atoms with Gasteiger partial charge in [0.05, 0.1) is 13.7 Å². The Morgan fingerprint density at radius 2 is 2.41 bits per heavy atom. The van der Waals surface area contributed by atoms with Gasteiger partial charge in [0.1, 0.15) is 18.0 Å². The van der Waals surface area contributed by atoms with Crippen LogP contribution in [0.1, 0.15) is 12.6 Å². The second kappa shape index (κ2) is 9.89. The molecule has 12 nitrogen and oxygen atoms in total. The molecule has 1 saturated heterocycles. The van der Waals surface area contributed by atoms with Crippen molar-refractivity contribution in [2.45, 2.75) is 36.7 Å². The summed E-state index contributed by atoms with van der Waals surface area (Å²) in [5.41, 5.74) is 5.38. The zero-order chi connectivity index (χ0) is 21.6. The molecular weight excluding hydrogens is 411 g/mol. The van der Waals surface area contributed by atoms with Crippen molar-refractivity contribution in [3.63, 3.8) is 0 Å². The number of aliphatic hydroxyl groups is 2. The van der Waals surface area contributed by atoms with Gasteiger partial charge in [-0.25, -0.2) is 14.0 Å². The van der Waals surface area contributed by atoms with E-state index in [1.165, 1.54) is 24.9 Å². The highest BCUT2D eigenvalue weighted by Crippen LogP contribution is 2.39. The SMILES string of the molecule is COC(=O)[C@H](CCSC)Nc1ccn([C@@H]2O[C@@](CO)(N=[N+]=[N-])C(O)[C@@H]2F)c(=O)n1. The number of esters is 1. The third-order valence-electron chi connectivity index (χ3n) is 4.32. The molecule has 2 rings (SSSR count). The Labute approximate surface area is 168 Å². The second-order valence-electron chi connectivity index (χ2n) is 6.09. The van der Waals surface area contributed by atoms with Crippen molar-refractivity contribution in [2.75, 3.05) is 31.0 Å². The van der Waals surface area contributed by atoms with Gasteiger partial charge < -0.3 is 25.0 Å². The van der Waals surface area contributed by atoms with Gasteiger partial charge in [0.15, 0.2) is 12.4 Å². The Morgan fingerprint density at radius 3 is 2.97 bits per heavy atom. The third-order valence-corrected chi connectivity index (χ3v) is 4.97. The van der Waals surface area contributed by atoms with Gasteiger partial charge in [0, 0.05) is 11.1 Å². The zero-order valence-electron chi connectivity index (χ0n) is 15.6. The number of carbonyl (C=O) groups is 1. The Hall–Kier alpha value is -2.38. The molecule has 1 unspecified atom stereocenters. The van der Waals surface area contributed by atoms with E-state index in [-0.39, 0.29) is 5.82 Å². The number of thioether (sulfide) groups is 1. The molecule has 1 aliphatic heterocycles. The minimum atomic E-state index is -2.26. The van der Waals surface area contributed by atoms with Crippen LogP contribution in [-0.2, 0) is 14.3 Å². The number of rotatable bonds is 9. The lowest BCUT2D eigenvalue weighted by molar-refractivity contribution is -0.141. The maximum atomic E-state index is 14.5. The molecule has 0 amide bonds. The minimum Gasteiger partial charge on any atom is -0.467 e. The second-order valence-corrected chi connectivity index (χ2v) is 7.08. The fourth-order valence-corrected chi connectivity index (χ4v) is 3.24. The zero-order valence-corrected chi connectivity index (χ0v) is 16.5. The summed E-state index contributed by atoms with van der Waals surface area (Å²) in [6, 6.07) is 0.575. The van der Waals surface area contributed by atoms with Gasteiger partial charge in [-0.05, 0) is 30.0 Å². The van der Waals surface area contributed by atoms with E-state index < -0.39 is 48.5 Å². The summed E-state index contributed by atoms with van der Waals surface area (Å²) in [6.45, 7) is -0.993. The summed E-state index contributed by atoms with van der Waals surface area (Å²) < 4.78 is 25.2. The average molecular weight is 432 g/mol. The molecule has 160 valence electrons. The number of halogens is 1. The van der Waals surface area contributed by atoms with Gasteiger partial charge in [0.25, 0.3) is 0 Å². The summed E-state index contributed by atoms with van der Waals surface area (Å²) in [4.78, 5) is 30.4. The first-order chi connectivity index (χ1) is 13.8. The van der Waals surface area contributed by atoms with Crippen molar-refractivity contribution in [2.24, 2.45) is 5.11 Å². The maximum Gasteiger partial charge on any atom is 0.351 e. The fraction of sp³-hybridized carbons (Fsp3) is 0.667. The van der Waals surface area contributed by atoms with Crippen LogP contribution in [0.2, 0.25) is 0 Å². The lowest BCUT2D eigenvalue weighted by atomic mass is 10.1. The molecule has 1 aliphatic rings. The number of carbonyl (C=O) groups excluding carboxylic acids is 1. The van der Waals surface area contributed by atoms with E-state index in [2.05, 4.69) is 20.3 Å². The van der Waals surface area contributed by atoms with E-state index in [0.717, 1.165) is 10.8 Å². The number of hydrogen-bond acceptors (Lipinski definition) is 10. The lowest BCUT2D eigenvalue weighted by Gasteiger charge is -2.23. The molecule has 1 aromatic rings. The number of methoxy groups -OCH3 is 1. The molecule has 29 heavy (non-hydrogen) atoms. The average Bonchev–Trinajstić information content (AvgIpc) is 2.96. The van der Waals surface area contributed by atoms with Crippen molar-refractivity contribution >= 4 is 23.5 Å². The number of nitrogens with one attached hydrogen (secondary N) is 1. The molecular formula is C15H21FN6O6S. The number of alkyl halides is 1. The topological polar surface area (TPSA) is 172 Å². The predicted molar refractivity (Wildman–Crippen MR) is 101 cm³/mol. The number of aliphatic hydroxyl groups excluding tert-OH is 2. The van der Waals surface area contributed by atoms with Crippen molar-refractivity contribution in [3.05, 3.63) is 33.2 Å². The van der Waals surface area contributed by atoms with Gasteiger partial charge in [-0.1, -0.05) is 5.11 Å². The standard InChI is InChI=1S/C15H21FN6O6S/c1-27-13(25)8(4-6-29-2)18-9-3-5-22(14(26)19-9)12-10(16)11(24)15(7-23,28-12)20-21-17/h3,5,8,10-12,23-24H,4,6-7H2,1-2H3,(H,18,19,26)/t8-,10-,11?,12+,15+/m0/s1. The first-order valence-electron chi connectivity index (χ1n) is 8.43. The van der Waals surface area contributed by atoms with Crippen LogP contribution in [0.25, 0.3) is 10.4 Å². The van der Waals surface area contributed by atoms with Crippen LogP contribution in [0.4, 0.5) is 10.2 Å². The summed E-state index contributed by atoms with van der Waals surface area (Å²) in [6.07, 6.45) is -2.39. The maximum absolute atomic E-state index is 14.5. The van der Waals surface area contributed by atoms with E-state index in [1.54, 1.807) is 0 Å². The quantitative estimate of drug-likeness (QED) is 0.213. The highest BCUT2D eigenvalue weighted by molar-refractivity contribution is 7.98. The highest BCUT2D eigenvalue weighted by atomic mass is 32.2. The monoisotopic (exact) mass is 432 g/mol. The van der Waals surface area contributed by atoms with Gasteiger partial charge in [-0.2, -0.15) is 16.7 Å². The molecule has 0 saturated carbocycles. The Bertz CT molecular complexity index is 836. The smallest absolute Gasteiger partial charge is 0.351 e. The first kappa shape index (κ1) is 22.9. The largest absolute Gasteiger partial charge is 0.467 e. The predicted octanol–water partition coefficient (Wildman–Crippen LogP) is 0.177. The first-order valence-corrected chi connectivity index (χ1v) is 9.82. The number of hydrogen-bond donors (Lipinski definition) is 3. The number of ether oxygens (including phenoxy) is 2. The fourth-order valence-electron chi connectivity index (χ4n) is 2.77. The van der Waals surface area contributed by atoms with Crippen LogP contribution in [0.15, 0.2) is 22.2 Å². The molecule has 5 atom stereocenters. The van der Waals surface area contributed by atoms with Crippen LogP contribution < -0.4 is 11.0 Å². The van der Waals surface area contributed by atoms with Crippen molar-refractivity contribution in [3.8, 4) is 0 Å². The highest BCUT2D eigenvalue weighted by Gasteiger charge is 2.56. The molecule has 0 radical (unpaired) electrons. The van der Waals surface area contributed by atoms with Crippen LogP contribution in [-0.4, -0.2) is 75.5 Å². The van der Waals surface area contributed by atoms with Crippen LogP contribution in [0, 0.1) is 0 Å². The normalized spacial score (nSPS) is 27.1. The Kier molecular flexibility index (Phi) is 7.81. The van der Waals surface area contributed by atoms with Gasteiger partial charge in [0.2, 0.25) is 5.72 Å². The Morgan fingerprint density at radius 1 is 1.69 bits per heavy atom. The van der Waals surface area contributed by atoms with E-state index in [4.69, 9.17) is 15.0 Å². The molecule has 0 aliphatic carbocycles. The molecule has 14 heteroatoms. The van der Waals surface area contributed by atoms with Crippen LogP contribution >= 0.6 is 11.8 Å². The third kappa shape index (κ3) is 4.79. The Balaban J connectivity index is 2.26. The van der Waals surface area contributed by atoms with E-state index in [0.29, 0.717) is 12.2 Å². The summed E-state index contributed by atoms with van der Waals surface area (Å²) in [5, 5.41) is 25.3. The number of azide groups is 1. The van der Waals surface area contributed by atoms with Crippen LogP contribution in [0.5, 0.6) is 0 Å². The van der Waals surface area contributed by atoms with E-state index >= 15 is 0 Å². The lowest BCUT2D eigenvalue weighted by Crippen LogP contribution is -2.43. The minimum absolute atomic E-state index is 0.0557. The summed E-state index contributed by atoms with van der Waals surface area (Å²) in [5.74, 6) is 0.183. The summed E-state index contributed by atoms with van der Waals surface area (Å²) in [7, 11) is 1.24. The van der Waals surface area contributed by atoms with Crippen molar-refractivity contribution < 1.29 is 28.9 Å². The van der Waals surface area contributed by atoms with E-state index in [1.807, 2.05) is 6.26 Å². The van der Waals surface area contributed by atoms with Gasteiger partial charge in [-0.15, -0.1) is 0 Å². The van der Waals surface area contributed by atoms with Gasteiger partial charge in [-0.3, -0.25) is 4.57 Å². The number of anilines is 1. The molecule has 0 spiro atoms. The number of aromatic nitrogens is 2.